The molecule has 0 saturated carbocycles. The number of nitrogens with one attached hydrogen (secondary N) is 1. The van der Waals surface area contributed by atoms with Gasteiger partial charge in [-0.25, -0.2) is 9.50 Å². The van der Waals surface area contributed by atoms with Gasteiger partial charge in [-0.3, -0.25) is 9.89 Å². The van der Waals surface area contributed by atoms with Gasteiger partial charge in [0, 0.05) is 37.2 Å². The third-order valence-corrected chi connectivity index (χ3v) is 4.81. The second kappa shape index (κ2) is 6.40. The first-order valence-electron chi connectivity index (χ1n) is 8.83. The van der Waals surface area contributed by atoms with Crippen molar-refractivity contribution < 1.29 is 4.79 Å². The van der Waals surface area contributed by atoms with Crippen molar-refractivity contribution >= 4 is 23.3 Å². The molecular weight excluding hydrogens is 328 g/mol. The monoisotopic (exact) mass is 350 g/mol. The van der Waals surface area contributed by atoms with Crippen LogP contribution in [0.2, 0.25) is 0 Å². The van der Waals surface area contributed by atoms with Crippen LogP contribution in [0.5, 0.6) is 0 Å². The highest BCUT2D eigenvalue weighted by Gasteiger charge is 2.28. The van der Waals surface area contributed by atoms with E-state index in [1.54, 1.807) is 35.2 Å². The lowest BCUT2D eigenvalue weighted by Gasteiger charge is -2.38. The number of aromatic nitrogens is 5. The maximum absolute atomic E-state index is 12.6. The average molecular weight is 350 g/mol. The van der Waals surface area contributed by atoms with Crippen LogP contribution in [0.15, 0.2) is 36.9 Å². The standard InChI is InChI=1S/C19H22N6O/c1-19(2)7-3-9-24(13-19)17-14(11-21-23-17)5-6-16(26)15-12-22-25-10-4-8-20-18(15)25/h4-6,8,10-12H,3,7,9,13H2,1-2H3,(H,21,23)/b6-5-. The van der Waals surface area contributed by atoms with E-state index in [-0.39, 0.29) is 11.2 Å². The first kappa shape index (κ1) is 16.5. The van der Waals surface area contributed by atoms with Crippen LogP contribution in [0.25, 0.3) is 11.7 Å². The molecular formula is C19H22N6O. The van der Waals surface area contributed by atoms with Crippen molar-refractivity contribution in [2.75, 3.05) is 18.0 Å². The molecule has 0 unspecified atom stereocenters. The lowest BCUT2D eigenvalue weighted by molar-refractivity contribution is 0.104. The Labute approximate surface area is 151 Å². The second-order valence-electron chi connectivity index (χ2n) is 7.50. The third-order valence-electron chi connectivity index (χ3n) is 4.81. The number of fused-ring (bicyclic) bond motifs is 1. The minimum absolute atomic E-state index is 0.121. The molecule has 1 aliphatic rings. The average Bonchev–Trinajstić information content (AvgIpc) is 3.25. The van der Waals surface area contributed by atoms with Crippen molar-refractivity contribution in [3.8, 4) is 0 Å². The summed E-state index contributed by atoms with van der Waals surface area (Å²) in [5.41, 5.74) is 2.25. The van der Waals surface area contributed by atoms with E-state index in [1.165, 1.54) is 6.42 Å². The van der Waals surface area contributed by atoms with E-state index in [0.717, 1.165) is 30.9 Å². The molecule has 0 spiro atoms. The van der Waals surface area contributed by atoms with Crippen LogP contribution < -0.4 is 4.90 Å². The van der Waals surface area contributed by atoms with Gasteiger partial charge in [-0.1, -0.05) is 13.8 Å². The predicted octanol–water partition coefficient (Wildman–Crippen LogP) is 2.97. The molecule has 0 bridgehead atoms. The van der Waals surface area contributed by atoms with Gasteiger partial charge >= 0.3 is 0 Å². The SMILES string of the molecule is CC1(C)CCCN(c2n[nH]cc2/C=C\C(=O)c2cnn3cccnc23)C1. The number of anilines is 1. The maximum Gasteiger partial charge on any atom is 0.191 e. The number of nitrogens with zero attached hydrogens (tertiary/aromatic N) is 5. The van der Waals surface area contributed by atoms with Gasteiger partial charge in [-0.15, -0.1) is 0 Å². The highest BCUT2D eigenvalue weighted by molar-refractivity contribution is 6.10. The van der Waals surface area contributed by atoms with Crippen molar-refractivity contribution in [1.29, 1.82) is 0 Å². The van der Waals surface area contributed by atoms with Crippen molar-refractivity contribution in [1.82, 2.24) is 24.8 Å². The summed E-state index contributed by atoms with van der Waals surface area (Å²) in [6.45, 7) is 6.51. The van der Waals surface area contributed by atoms with Crippen LogP contribution in [0.1, 0.15) is 42.6 Å². The second-order valence-corrected chi connectivity index (χ2v) is 7.50. The van der Waals surface area contributed by atoms with Gasteiger partial charge in [0.2, 0.25) is 0 Å². The normalized spacial score (nSPS) is 17.2. The number of allylic oxidation sites excluding steroid dienone is 1. The van der Waals surface area contributed by atoms with Crippen molar-refractivity contribution in [3.05, 3.63) is 48.1 Å². The quantitative estimate of drug-likeness (QED) is 0.578. The lowest BCUT2D eigenvalue weighted by Crippen LogP contribution is -2.40. The van der Waals surface area contributed by atoms with Crippen molar-refractivity contribution in [2.24, 2.45) is 5.41 Å². The number of carbonyl (C=O) groups is 1. The molecule has 4 rings (SSSR count). The Morgan fingerprint density at radius 2 is 2.27 bits per heavy atom. The van der Waals surface area contributed by atoms with E-state index >= 15 is 0 Å². The molecule has 1 saturated heterocycles. The van der Waals surface area contributed by atoms with Crippen LogP contribution in [-0.2, 0) is 0 Å². The van der Waals surface area contributed by atoms with Gasteiger partial charge in [-0.05, 0) is 36.5 Å². The summed E-state index contributed by atoms with van der Waals surface area (Å²) >= 11 is 0. The fourth-order valence-electron chi connectivity index (χ4n) is 3.53. The molecule has 1 aliphatic heterocycles. The molecule has 7 heteroatoms. The number of rotatable bonds is 4. The van der Waals surface area contributed by atoms with Crippen LogP contribution in [0.4, 0.5) is 5.82 Å². The summed E-state index contributed by atoms with van der Waals surface area (Å²) in [5.74, 6) is 0.782. The zero-order valence-electron chi connectivity index (χ0n) is 15.0. The highest BCUT2D eigenvalue weighted by atomic mass is 16.1. The molecule has 3 aromatic heterocycles. The third kappa shape index (κ3) is 3.12. The lowest BCUT2D eigenvalue weighted by atomic mass is 9.84. The molecule has 0 aromatic carbocycles. The summed E-state index contributed by atoms with van der Waals surface area (Å²) < 4.78 is 1.60. The Morgan fingerprint density at radius 3 is 3.12 bits per heavy atom. The molecule has 4 heterocycles. The number of H-pyrrole nitrogens is 1. The minimum atomic E-state index is -0.121. The number of hydrogen-bond acceptors (Lipinski definition) is 5. The summed E-state index contributed by atoms with van der Waals surface area (Å²) in [7, 11) is 0. The van der Waals surface area contributed by atoms with Gasteiger partial charge in [0.1, 0.15) is 0 Å². The Hall–Kier alpha value is -2.96. The zero-order chi connectivity index (χ0) is 18.1. The number of hydrogen-bond donors (Lipinski definition) is 1. The summed E-state index contributed by atoms with van der Waals surface area (Å²) in [6, 6.07) is 1.78. The molecule has 7 nitrogen and oxygen atoms in total. The number of ketones is 1. The van der Waals surface area contributed by atoms with E-state index in [0.29, 0.717) is 11.2 Å². The van der Waals surface area contributed by atoms with Crippen LogP contribution in [-0.4, -0.2) is 43.7 Å². The van der Waals surface area contributed by atoms with Gasteiger partial charge < -0.3 is 4.90 Å². The molecule has 26 heavy (non-hydrogen) atoms. The van der Waals surface area contributed by atoms with Crippen LogP contribution >= 0.6 is 0 Å². The van der Waals surface area contributed by atoms with Gasteiger partial charge in [0.15, 0.2) is 17.2 Å². The summed E-state index contributed by atoms with van der Waals surface area (Å²) in [6.07, 6.45) is 12.6. The number of carbonyl (C=O) groups excluding carboxylic acids is 1. The van der Waals surface area contributed by atoms with Gasteiger partial charge in [-0.2, -0.15) is 10.2 Å². The predicted molar refractivity (Wildman–Crippen MR) is 100 cm³/mol. The molecule has 134 valence electrons. The Bertz CT molecular complexity index is 967. The Kier molecular flexibility index (Phi) is 4.06. The van der Waals surface area contributed by atoms with E-state index in [1.807, 2.05) is 12.3 Å². The van der Waals surface area contributed by atoms with Crippen molar-refractivity contribution in [3.63, 3.8) is 0 Å². The van der Waals surface area contributed by atoms with E-state index in [9.17, 15) is 4.79 Å². The van der Waals surface area contributed by atoms with Gasteiger partial charge in [0.05, 0.1) is 11.8 Å². The van der Waals surface area contributed by atoms with E-state index < -0.39 is 0 Å². The minimum Gasteiger partial charge on any atom is -0.354 e. The first-order chi connectivity index (χ1) is 12.5. The fourth-order valence-corrected chi connectivity index (χ4v) is 3.53. The maximum atomic E-state index is 12.6. The smallest absolute Gasteiger partial charge is 0.191 e. The molecule has 1 fully saturated rings. The summed E-state index contributed by atoms with van der Waals surface area (Å²) in [4.78, 5) is 19.1. The van der Waals surface area contributed by atoms with E-state index in [2.05, 4.69) is 39.0 Å². The first-order valence-corrected chi connectivity index (χ1v) is 8.83. The zero-order valence-corrected chi connectivity index (χ0v) is 15.0. The fraction of sp³-hybridized carbons (Fsp3) is 0.368. The number of piperidine rings is 1. The highest BCUT2D eigenvalue weighted by Crippen LogP contribution is 2.32. The largest absolute Gasteiger partial charge is 0.354 e. The Morgan fingerprint density at radius 1 is 1.38 bits per heavy atom. The molecule has 3 aromatic rings. The number of aromatic amines is 1. The summed E-state index contributed by atoms with van der Waals surface area (Å²) in [5, 5.41) is 11.5. The Balaban J connectivity index is 1.56. The topological polar surface area (TPSA) is 79.2 Å². The van der Waals surface area contributed by atoms with Crippen LogP contribution in [0, 0.1) is 5.41 Å². The molecule has 0 amide bonds. The van der Waals surface area contributed by atoms with Crippen molar-refractivity contribution in [2.45, 2.75) is 26.7 Å². The van der Waals surface area contributed by atoms with Crippen LogP contribution in [0.3, 0.4) is 0 Å². The molecule has 0 atom stereocenters. The molecule has 0 radical (unpaired) electrons. The molecule has 1 N–H and O–H groups in total. The molecule has 0 aliphatic carbocycles. The van der Waals surface area contributed by atoms with Gasteiger partial charge in [0.25, 0.3) is 0 Å². The van der Waals surface area contributed by atoms with E-state index in [4.69, 9.17) is 0 Å².